The molecule has 0 aliphatic heterocycles. The highest BCUT2D eigenvalue weighted by molar-refractivity contribution is 7.99. The van der Waals surface area contributed by atoms with Crippen LogP contribution in [-0.2, 0) is 16.0 Å². The van der Waals surface area contributed by atoms with Crippen molar-refractivity contribution in [2.45, 2.75) is 23.1 Å². The van der Waals surface area contributed by atoms with E-state index in [1.54, 1.807) is 30.3 Å². The molecule has 3 rings (SSSR count). The second kappa shape index (κ2) is 10.3. The van der Waals surface area contributed by atoms with Gasteiger partial charge >= 0.3 is 5.97 Å². The number of nitrogens with one attached hydrogen (secondary N) is 1. The fourth-order valence-electron chi connectivity index (χ4n) is 2.84. The lowest BCUT2D eigenvalue weighted by Gasteiger charge is -2.11. The number of benzene rings is 3. The molecule has 5 nitrogen and oxygen atoms in total. The number of anilines is 1. The van der Waals surface area contributed by atoms with E-state index in [-0.39, 0.29) is 6.61 Å². The van der Waals surface area contributed by atoms with Gasteiger partial charge in [-0.05, 0) is 42.3 Å². The first-order valence-corrected chi connectivity index (χ1v) is 10.2. The molecule has 150 valence electrons. The molecular formula is C24H20N2O3S. The molecule has 0 unspecified atom stereocenters. The summed E-state index contributed by atoms with van der Waals surface area (Å²) in [7, 11) is 0. The molecule has 0 radical (unpaired) electrons. The average Bonchev–Trinajstić information content (AvgIpc) is 2.78. The standard InChI is InChI=1S/C24H20N2O3S/c1-2-17-9-3-6-12-20(17)26-23(27)16-29-24(28)19-11-5-8-14-22(19)30-21-13-7-4-10-18(21)15-25/h3-14H,2,16H2,1H3,(H,26,27). The Kier molecular flexibility index (Phi) is 7.25. The third-order valence-corrected chi connectivity index (χ3v) is 5.49. The van der Waals surface area contributed by atoms with Crippen molar-refractivity contribution in [1.82, 2.24) is 0 Å². The van der Waals surface area contributed by atoms with Crippen LogP contribution in [0.5, 0.6) is 0 Å². The Morgan fingerprint density at radius 2 is 1.63 bits per heavy atom. The van der Waals surface area contributed by atoms with E-state index in [9.17, 15) is 14.9 Å². The highest BCUT2D eigenvalue weighted by atomic mass is 32.2. The van der Waals surface area contributed by atoms with E-state index < -0.39 is 11.9 Å². The summed E-state index contributed by atoms with van der Waals surface area (Å²) >= 11 is 1.31. The third-order valence-electron chi connectivity index (χ3n) is 4.34. The Morgan fingerprint density at radius 3 is 2.40 bits per heavy atom. The van der Waals surface area contributed by atoms with Gasteiger partial charge in [-0.3, -0.25) is 4.79 Å². The summed E-state index contributed by atoms with van der Waals surface area (Å²) in [5, 5.41) is 12.1. The Bertz CT molecular complexity index is 1110. The van der Waals surface area contributed by atoms with Crippen LogP contribution in [0.15, 0.2) is 82.6 Å². The highest BCUT2D eigenvalue weighted by Crippen LogP contribution is 2.32. The number of aryl methyl sites for hydroxylation is 1. The average molecular weight is 417 g/mol. The Labute approximate surface area is 179 Å². The summed E-state index contributed by atoms with van der Waals surface area (Å²) in [6.07, 6.45) is 0.783. The van der Waals surface area contributed by atoms with Crippen molar-refractivity contribution in [3.05, 3.63) is 89.5 Å². The first-order chi connectivity index (χ1) is 14.6. The van der Waals surface area contributed by atoms with Gasteiger partial charge in [0.1, 0.15) is 6.07 Å². The molecule has 3 aromatic carbocycles. The number of hydrogen-bond donors (Lipinski definition) is 1. The minimum absolute atomic E-state index is 0.344. The van der Waals surface area contributed by atoms with E-state index in [2.05, 4.69) is 11.4 Å². The minimum Gasteiger partial charge on any atom is -0.452 e. The summed E-state index contributed by atoms with van der Waals surface area (Å²) in [5.74, 6) is -0.990. The molecule has 3 aromatic rings. The highest BCUT2D eigenvalue weighted by Gasteiger charge is 2.16. The van der Waals surface area contributed by atoms with Crippen LogP contribution in [0.25, 0.3) is 0 Å². The quantitative estimate of drug-likeness (QED) is 0.544. The van der Waals surface area contributed by atoms with Crippen LogP contribution in [0.1, 0.15) is 28.4 Å². The number of esters is 1. The van der Waals surface area contributed by atoms with Gasteiger partial charge in [0.15, 0.2) is 6.61 Å². The molecule has 0 aliphatic carbocycles. The lowest BCUT2D eigenvalue weighted by Crippen LogP contribution is -2.21. The Balaban J connectivity index is 1.67. The van der Waals surface area contributed by atoms with Crippen LogP contribution in [0.2, 0.25) is 0 Å². The van der Waals surface area contributed by atoms with E-state index in [4.69, 9.17) is 4.74 Å². The van der Waals surface area contributed by atoms with E-state index in [0.717, 1.165) is 16.9 Å². The van der Waals surface area contributed by atoms with Crippen molar-refractivity contribution < 1.29 is 14.3 Å². The molecule has 1 amide bonds. The van der Waals surface area contributed by atoms with Crippen molar-refractivity contribution >= 4 is 29.3 Å². The van der Waals surface area contributed by atoms with Gasteiger partial charge in [0, 0.05) is 15.5 Å². The number of ether oxygens (including phenoxy) is 1. The zero-order valence-corrected chi connectivity index (χ0v) is 17.2. The van der Waals surface area contributed by atoms with Crippen molar-refractivity contribution in [3.63, 3.8) is 0 Å². The summed E-state index contributed by atoms with van der Waals surface area (Å²) in [4.78, 5) is 26.3. The molecule has 0 fully saturated rings. The SMILES string of the molecule is CCc1ccccc1NC(=O)COC(=O)c1ccccc1Sc1ccccc1C#N. The summed E-state index contributed by atoms with van der Waals surface area (Å²) in [5.41, 5.74) is 2.59. The lowest BCUT2D eigenvalue weighted by molar-refractivity contribution is -0.119. The molecule has 0 aliphatic rings. The third kappa shape index (κ3) is 5.28. The number of amides is 1. The number of nitrogens with zero attached hydrogens (tertiary/aromatic N) is 1. The smallest absolute Gasteiger partial charge is 0.339 e. The van der Waals surface area contributed by atoms with Crippen LogP contribution in [-0.4, -0.2) is 18.5 Å². The predicted octanol–water partition coefficient (Wildman–Crippen LogP) is 5.07. The molecule has 0 aromatic heterocycles. The summed E-state index contributed by atoms with van der Waals surface area (Å²) in [6, 6.07) is 23.8. The first-order valence-electron chi connectivity index (χ1n) is 9.43. The first kappa shape index (κ1) is 21.2. The summed E-state index contributed by atoms with van der Waals surface area (Å²) in [6.45, 7) is 1.62. The van der Waals surface area contributed by atoms with Gasteiger partial charge in [-0.2, -0.15) is 5.26 Å². The maximum Gasteiger partial charge on any atom is 0.339 e. The molecule has 0 heterocycles. The second-order valence-corrected chi connectivity index (χ2v) is 7.42. The van der Waals surface area contributed by atoms with Gasteiger partial charge < -0.3 is 10.1 Å². The number of carbonyl (C=O) groups is 2. The molecule has 0 spiro atoms. The number of nitriles is 1. The minimum atomic E-state index is -0.591. The van der Waals surface area contributed by atoms with Gasteiger partial charge in [-0.15, -0.1) is 0 Å². The van der Waals surface area contributed by atoms with E-state index in [1.807, 2.05) is 49.4 Å². The second-order valence-electron chi connectivity index (χ2n) is 6.34. The summed E-state index contributed by atoms with van der Waals surface area (Å²) < 4.78 is 5.24. The van der Waals surface area contributed by atoms with Crippen LogP contribution < -0.4 is 5.32 Å². The van der Waals surface area contributed by atoms with Gasteiger partial charge in [0.2, 0.25) is 0 Å². The van der Waals surface area contributed by atoms with Crippen LogP contribution in [0.3, 0.4) is 0 Å². The fourth-order valence-corrected chi connectivity index (χ4v) is 3.85. The Hall–Kier alpha value is -3.56. The van der Waals surface area contributed by atoms with Gasteiger partial charge in [0.05, 0.1) is 11.1 Å². The number of hydrogen-bond acceptors (Lipinski definition) is 5. The monoisotopic (exact) mass is 416 g/mol. The normalized spacial score (nSPS) is 10.1. The van der Waals surface area contributed by atoms with Crippen LogP contribution in [0, 0.1) is 11.3 Å². The fraction of sp³-hybridized carbons (Fsp3) is 0.125. The van der Waals surface area contributed by atoms with Gasteiger partial charge in [-0.25, -0.2) is 4.79 Å². The molecule has 0 saturated carbocycles. The van der Waals surface area contributed by atoms with E-state index >= 15 is 0 Å². The van der Waals surface area contributed by atoms with Crippen molar-refractivity contribution in [3.8, 4) is 6.07 Å². The molecule has 0 atom stereocenters. The lowest BCUT2D eigenvalue weighted by atomic mass is 10.1. The maximum atomic E-state index is 12.6. The van der Waals surface area contributed by atoms with Crippen molar-refractivity contribution in [2.75, 3.05) is 11.9 Å². The predicted molar refractivity (Wildman–Crippen MR) is 116 cm³/mol. The number of para-hydroxylation sites is 1. The molecule has 30 heavy (non-hydrogen) atoms. The van der Waals surface area contributed by atoms with Gasteiger partial charge in [0.25, 0.3) is 5.91 Å². The molecule has 1 N–H and O–H groups in total. The van der Waals surface area contributed by atoms with Crippen molar-refractivity contribution in [1.29, 1.82) is 5.26 Å². The Morgan fingerprint density at radius 1 is 0.967 bits per heavy atom. The zero-order valence-electron chi connectivity index (χ0n) is 16.4. The van der Waals surface area contributed by atoms with E-state index in [1.165, 1.54) is 11.8 Å². The molecule has 6 heteroatoms. The topological polar surface area (TPSA) is 79.2 Å². The molecule has 0 bridgehead atoms. The van der Waals surface area contributed by atoms with E-state index in [0.29, 0.717) is 21.7 Å². The molecular weight excluding hydrogens is 396 g/mol. The van der Waals surface area contributed by atoms with Gasteiger partial charge in [-0.1, -0.05) is 61.2 Å². The number of carbonyl (C=O) groups excluding carboxylic acids is 2. The van der Waals surface area contributed by atoms with Crippen LogP contribution in [0.4, 0.5) is 5.69 Å². The van der Waals surface area contributed by atoms with Crippen molar-refractivity contribution in [2.24, 2.45) is 0 Å². The zero-order chi connectivity index (χ0) is 21.3. The van der Waals surface area contributed by atoms with Crippen LogP contribution >= 0.6 is 11.8 Å². The molecule has 0 saturated heterocycles. The largest absolute Gasteiger partial charge is 0.452 e. The maximum absolute atomic E-state index is 12.6. The number of rotatable bonds is 7.